The minimum atomic E-state index is -0.541. The van der Waals surface area contributed by atoms with Crippen LogP contribution in [0.1, 0.15) is 10.4 Å². The van der Waals surface area contributed by atoms with Gasteiger partial charge in [0.25, 0.3) is 5.91 Å². The fourth-order valence-electron chi connectivity index (χ4n) is 1.53. The maximum Gasteiger partial charge on any atom is 0.256 e. The summed E-state index contributed by atoms with van der Waals surface area (Å²) < 4.78 is 0. The Bertz CT molecular complexity index is 603. The lowest BCUT2D eigenvalue weighted by Gasteiger charge is -2.09. The van der Waals surface area contributed by atoms with E-state index < -0.39 is 5.91 Å². The number of benzene rings is 2. The predicted molar refractivity (Wildman–Crippen MR) is 74.2 cm³/mol. The molecule has 2 aromatic rings. The van der Waals surface area contributed by atoms with Crippen molar-refractivity contribution < 1.29 is 15.0 Å². The Morgan fingerprint density at radius 3 is 2.05 bits per heavy atom. The number of carbonyl (C=O) groups is 1. The van der Waals surface area contributed by atoms with Crippen LogP contribution in [-0.2, 0) is 0 Å². The number of hydrogen-bond donors (Lipinski definition) is 3. The molecule has 0 spiro atoms. The first-order valence-electron chi connectivity index (χ1n) is 5.26. The second-order valence-electron chi connectivity index (χ2n) is 3.79. The average molecular weight is 298 g/mol. The first-order chi connectivity index (χ1) is 8.97. The van der Waals surface area contributed by atoms with E-state index in [1.165, 1.54) is 12.1 Å². The topological polar surface area (TPSA) is 69.6 Å². The number of amides is 1. The molecule has 4 nitrogen and oxygen atoms in total. The number of anilines is 1. The Labute approximate surface area is 119 Å². The number of phenols is 2. The maximum absolute atomic E-state index is 12.0. The molecule has 0 aliphatic carbocycles. The molecule has 0 aliphatic heterocycles. The summed E-state index contributed by atoms with van der Waals surface area (Å²) in [5, 5.41) is 21.8. The maximum atomic E-state index is 12.0. The van der Waals surface area contributed by atoms with Gasteiger partial charge in [0.1, 0.15) is 11.5 Å². The number of nitrogens with one attached hydrogen (secondary N) is 1. The SMILES string of the molecule is O=C(Nc1c(Cl)cccc1Cl)c1cc(O)cc(O)c1. The van der Waals surface area contributed by atoms with Crippen LogP contribution in [0.5, 0.6) is 11.5 Å². The van der Waals surface area contributed by atoms with Crippen LogP contribution in [0.25, 0.3) is 0 Å². The molecule has 19 heavy (non-hydrogen) atoms. The van der Waals surface area contributed by atoms with Crippen LogP contribution in [0, 0.1) is 0 Å². The zero-order chi connectivity index (χ0) is 14.0. The van der Waals surface area contributed by atoms with Gasteiger partial charge in [-0.25, -0.2) is 0 Å². The summed E-state index contributed by atoms with van der Waals surface area (Å²) in [4.78, 5) is 12.0. The van der Waals surface area contributed by atoms with Crippen molar-refractivity contribution in [2.45, 2.75) is 0 Å². The highest BCUT2D eigenvalue weighted by Gasteiger charge is 2.12. The minimum absolute atomic E-state index is 0.0912. The molecule has 0 radical (unpaired) electrons. The number of hydrogen-bond acceptors (Lipinski definition) is 3. The van der Waals surface area contributed by atoms with E-state index >= 15 is 0 Å². The molecule has 0 aliphatic rings. The highest BCUT2D eigenvalue weighted by molar-refractivity contribution is 6.40. The van der Waals surface area contributed by atoms with Crippen LogP contribution in [0.3, 0.4) is 0 Å². The van der Waals surface area contributed by atoms with Crippen LogP contribution in [0.4, 0.5) is 5.69 Å². The molecule has 0 heterocycles. The molecule has 2 rings (SSSR count). The second-order valence-corrected chi connectivity index (χ2v) is 4.60. The molecule has 3 N–H and O–H groups in total. The molecule has 0 saturated heterocycles. The zero-order valence-electron chi connectivity index (χ0n) is 9.52. The summed E-state index contributed by atoms with van der Waals surface area (Å²) in [6.07, 6.45) is 0. The van der Waals surface area contributed by atoms with Gasteiger partial charge in [-0.1, -0.05) is 29.3 Å². The van der Waals surface area contributed by atoms with E-state index in [0.717, 1.165) is 6.07 Å². The summed E-state index contributed by atoms with van der Waals surface area (Å²) in [5.74, 6) is -0.966. The first-order valence-corrected chi connectivity index (χ1v) is 6.01. The molecular weight excluding hydrogens is 289 g/mol. The standard InChI is InChI=1S/C13H9Cl2NO3/c14-10-2-1-3-11(15)12(10)16-13(19)7-4-8(17)6-9(18)5-7/h1-6,17-18H,(H,16,19). The fraction of sp³-hybridized carbons (Fsp3) is 0. The largest absolute Gasteiger partial charge is 0.508 e. The van der Waals surface area contributed by atoms with Gasteiger partial charge in [0.2, 0.25) is 0 Å². The van der Waals surface area contributed by atoms with E-state index in [2.05, 4.69) is 5.32 Å². The second kappa shape index (κ2) is 5.38. The number of phenolic OH excluding ortho intramolecular Hbond substituents is 2. The van der Waals surface area contributed by atoms with E-state index in [0.29, 0.717) is 10.0 Å². The molecular formula is C13H9Cl2NO3. The van der Waals surface area contributed by atoms with Gasteiger partial charge in [-0.05, 0) is 24.3 Å². The Hall–Kier alpha value is -1.91. The van der Waals surface area contributed by atoms with Crippen molar-refractivity contribution in [3.05, 3.63) is 52.0 Å². The lowest BCUT2D eigenvalue weighted by Crippen LogP contribution is -2.12. The Balaban J connectivity index is 2.31. The number of para-hydroxylation sites is 1. The van der Waals surface area contributed by atoms with Gasteiger partial charge in [0.05, 0.1) is 15.7 Å². The normalized spacial score (nSPS) is 10.2. The summed E-state index contributed by atoms with van der Waals surface area (Å²) in [5.41, 5.74) is 0.368. The van der Waals surface area contributed by atoms with Gasteiger partial charge in [-0.3, -0.25) is 4.79 Å². The van der Waals surface area contributed by atoms with Gasteiger partial charge in [-0.2, -0.15) is 0 Å². The van der Waals surface area contributed by atoms with Gasteiger partial charge in [-0.15, -0.1) is 0 Å². The molecule has 0 saturated carbocycles. The van der Waals surface area contributed by atoms with Crippen molar-refractivity contribution in [1.29, 1.82) is 0 Å². The van der Waals surface area contributed by atoms with Crippen LogP contribution in [0.15, 0.2) is 36.4 Å². The van der Waals surface area contributed by atoms with Crippen LogP contribution in [-0.4, -0.2) is 16.1 Å². The third-order valence-corrected chi connectivity index (χ3v) is 3.00. The van der Waals surface area contributed by atoms with E-state index in [9.17, 15) is 15.0 Å². The van der Waals surface area contributed by atoms with E-state index in [1.54, 1.807) is 18.2 Å². The number of halogens is 2. The summed E-state index contributed by atoms with van der Waals surface area (Å²) in [6, 6.07) is 8.39. The highest BCUT2D eigenvalue weighted by atomic mass is 35.5. The monoisotopic (exact) mass is 297 g/mol. The molecule has 0 aromatic heterocycles. The summed E-state index contributed by atoms with van der Waals surface area (Å²) in [6.45, 7) is 0. The van der Waals surface area contributed by atoms with Crippen molar-refractivity contribution >= 4 is 34.8 Å². The van der Waals surface area contributed by atoms with Crippen LogP contribution < -0.4 is 5.32 Å². The van der Waals surface area contributed by atoms with Gasteiger partial charge in [0, 0.05) is 11.6 Å². The third-order valence-electron chi connectivity index (χ3n) is 2.37. The van der Waals surface area contributed by atoms with Gasteiger partial charge >= 0.3 is 0 Å². The summed E-state index contributed by atoms with van der Waals surface area (Å²) in [7, 11) is 0. The zero-order valence-corrected chi connectivity index (χ0v) is 11.0. The minimum Gasteiger partial charge on any atom is -0.508 e. The fourth-order valence-corrected chi connectivity index (χ4v) is 2.02. The van der Waals surface area contributed by atoms with Gasteiger partial charge < -0.3 is 15.5 Å². The molecule has 2 aromatic carbocycles. The predicted octanol–water partition coefficient (Wildman–Crippen LogP) is 3.66. The lowest BCUT2D eigenvalue weighted by atomic mass is 10.2. The molecule has 1 amide bonds. The van der Waals surface area contributed by atoms with Crippen molar-refractivity contribution in [3.63, 3.8) is 0 Å². The van der Waals surface area contributed by atoms with E-state index in [1.807, 2.05) is 0 Å². The van der Waals surface area contributed by atoms with Crippen molar-refractivity contribution in [2.75, 3.05) is 5.32 Å². The molecule has 0 bridgehead atoms. The Morgan fingerprint density at radius 1 is 1.00 bits per heavy atom. The number of rotatable bonds is 2. The molecule has 6 heteroatoms. The van der Waals surface area contributed by atoms with Crippen molar-refractivity contribution in [3.8, 4) is 11.5 Å². The van der Waals surface area contributed by atoms with E-state index in [4.69, 9.17) is 23.2 Å². The van der Waals surface area contributed by atoms with E-state index in [-0.39, 0.29) is 22.7 Å². The van der Waals surface area contributed by atoms with Gasteiger partial charge in [0.15, 0.2) is 0 Å². The molecule has 0 fully saturated rings. The summed E-state index contributed by atoms with van der Waals surface area (Å²) >= 11 is 11.9. The smallest absolute Gasteiger partial charge is 0.256 e. The lowest BCUT2D eigenvalue weighted by molar-refractivity contribution is 0.102. The highest BCUT2D eigenvalue weighted by Crippen LogP contribution is 2.30. The molecule has 98 valence electrons. The van der Waals surface area contributed by atoms with Crippen LogP contribution >= 0.6 is 23.2 Å². The van der Waals surface area contributed by atoms with Crippen molar-refractivity contribution in [1.82, 2.24) is 0 Å². The average Bonchev–Trinajstić information content (AvgIpc) is 2.32. The molecule has 0 atom stereocenters. The number of carbonyl (C=O) groups excluding carboxylic acids is 1. The first kappa shape index (κ1) is 13.5. The Kier molecular flexibility index (Phi) is 3.83. The quantitative estimate of drug-likeness (QED) is 0.792. The Morgan fingerprint density at radius 2 is 1.53 bits per heavy atom. The molecule has 0 unspecified atom stereocenters. The van der Waals surface area contributed by atoms with Crippen molar-refractivity contribution in [2.24, 2.45) is 0 Å². The van der Waals surface area contributed by atoms with Crippen LogP contribution in [0.2, 0.25) is 10.0 Å². The third kappa shape index (κ3) is 3.10. The number of aromatic hydroxyl groups is 2.